The SMILES string of the molecule is Cl.O=c1c(-c2ccccc2Cl)cc2cnc(NC3CCS(=O)(=O)CC3)nc2n1CCO. The van der Waals surface area contributed by atoms with Gasteiger partial charge in [-0.25, -0.2) is 13.4 Å². The summed E-state index contributed by atoms with van der Waals surface area (Å²) >= 11 is 6.28. The van der Waals surface area contributed by atoms with Crippen LogP contribution in [0.1, 0.15) is 12.8 Å². The third kappa shape index (κ3) is 5.01. The van der Waals surface area contributed by atoms with E-state index in [1.54, 1.807) is 36.5 Å². The maximum absolute atomic E-state index is 13.1. The largest absolute Gasteiger partial charge is 0.395 e. The van der Waals surface area contributed by atoms with Gasteiger partial charge in [0.1, 0.15) is 15.5 Å². The number of aromatic nitrogens is 3. The van der Waals surface area contributed by atoms with E-state index in [9.17, 15) is 18.3 Å². The van der Waals surface area contributed by atoms with Crippen molar-refractivity contribution in [3.05, 3.63) is 51.9 Å². The van der Waals surface area contributed by atoms with E-state index in [1.807, 2.05) is 0 Å². The highest BCUT2D eigenvalue weighted by Crippen LogP contribution is 2.27. The molecule has 0 saturated carbocycles. The molecule has 1 saturated heterocycles. The van der Waals surface area contributed by atoms with Gasteiger partial charge in [0.2, 0.25) is 5.95 Å². The van der Waals surface area contributed by atoms with Gasteiger partial charge >= 0.3 is 0 Å². The third-order valence-electron chi connectivity index (χ3n) is 5.20. The van der Waals surface area contributed by atoms with Gasteiger partial charge in [-0.2, -0.15) is 4.98 Å². The number of fused-ring (bicyclic) bond motifs is 1. The van der Waals surface area contributed by atoms with Gasteiger partial charge < -0.3 is 10.4 Å². The minimum absolute atomic E-state index is 0. The molecule has 0 unspecified atom stereocenters. The average Bonchev–Trinajstić information content (AvgIpc) is 2.72. The first-order valence-corrected chi connectivity index (χ1v) is 11.8. The Morgan fingerprint density at radius 3 is 2.58 bits per heavy atom. The van der Waals surface area contributed by atoms with Gasteiger partial charge in [0.15, 0.2) is 0 Å². The predicted molar refractivity (Wildman–Crippen MR) is 124 cm³/mol. The van der Waals surface area contributed by atoms with Crippen molar-refractivity contribution in [2.24, 2.45) is 0 Å². The minimum Gasteiger partial charge on any atom is -0.395 e. The van der Waals surface area contributed by atoms with Crippen molar-refractivity contribution in [2.45, 2.75) is 25.4 Å². The Balaban J connectivity index is 0.00000272. The van der Waals surface area contributed by atoms with Crippen molar-refractivity contribution in [2.75, 3.05) is 23.4 Å². The topological polar surface area (TPSA) is 114 Å². The molecule has 1 aliphatic rings. The fourth-order valence-electron chi connectivity index (χ4n) is 3.63. The maximum Gasteiger partial charge on any atom is 0.260 e. The highest BCUT2D eigenvalue weighted by atomic mass is 35.5. The molecule has 0 amide bonds. The van der Waals surface area contributed by atoms with Crippen LogP contribution in [0.5, 0.6) is 0 Å². The molecule has 3 aromatic rings. The molecule has 0 bridgehead atoms. The summed E-state index contributed by atoms with van der Waals surface area (Å²) in [5.74, 6) is 0.590. The number of benzene rings is 1. The lowest BCUT2D eigenvalue weighted by molar-refractivity contribution is 0.276. The number of nitrogens with one attached hydrogen (secondary N) is 1. The van der Waals surface area contributed by atoms with Crippen LogP contribution < -0.4 is 10.9 Å². The van der Waals surface area contributed by atoms with Gasteiger partial charge in [-0.15, -0.1) is 12.4 Å². The molecule has 3 heterocycles. The molecule has 1 aromatic carbocycles. The number of aliphatic hydroxyl groups is 1. The smallest absolute Gasteiger partial charge is 0.260 e. The number of pyridine rings is 1. The second-order valence-corrected chi connectivity index (χ2v) is 9.97. The molecule has 2 aromatic heterocycles. The fourth-order valence-corrected chi connectivity index (χ4v) is 5.35. The van der Waals surface area contributed by atoms with E-state index >= 15 is 0 Å². The highest BCUT2D eigenvalue weighted by Gasteiger charge is 2.24. The molecule has 31 heavy (non-hydrogen) atoms. The van der Waals surface area contributed by atoms with Crippen LogP contribution in [0.15, 0.2) is 41.3 Å². The van der Waals surface area contributed by atoms with Crippen LogP contribution in [-0.2, 0) is 16.4 Å². The van der Waals surface area contributed by atoms with E-state index in [-0.39, 0.29) is 48.7 Å². The van der Waals surface area contributed by atoms with Gasteiger partial charge in [0, 0.05) is 33.8 Å². The Morgan fingerprint density at radius 1 is 1.19 bits per heavy atom. The molecule has 4 rings (SSSR count). The number of halogens is 2. The quantitative estimate of drug-likeness (QED) is 0.571. The van der Waals surface area contributed by atoms with Crippen LogP contribution in [0.2, 0.25) is 5.02 Å². The van der Waals surface area contributed by atoms with E-state index in [2.05, 4.69) is 15.3 Å². The minimum atomic E-state index is -2.96. The monoisotopic (exact) mass is 484 g/mol. The van der Waals surface area contributed by atoms with E-state index in [1.165, 1.54) is 4.57 Å². The molecule has 1 fully saturated rings. The molecule has 166 valence electrons. The first-order chi connectivity index (χ1) is 14.4. The molecule has 11 heteroatoms. The molecule has 0 radical (unpaired) electrons. The van der Waals surface area contributed by atoms with Crippen molar-refractivity contribution < 1.29 is 13.5 Å². The number of anilines is 1. The summed E-state index contributed by atoms with van der Waals surface area (Å²) in [6.07, 6.45) is 2.58. The Morgan fingerprint density at radius 2 is 1.90 bits per heavy atom. The van der Waals surface area contributed by atoms with Gasteiger partial charge in [-0.3, -0.25) is 9.36 Å². The van der Waals surface area contributed by atoms with Crippen molar-refractivity contribution >= 4 is 50.8 Å². The number of aliphatic hydroxyl groups excluding tert-OH is 1. The number of nitrogens with zero attached hydrogens (tertiary/aromatic N) is 3. The molecule has 2 N–H and O–H groups in total. The summed E-state index contributed by atoms with van der Waals surface area (Å²) in [5.41, 5.74) is 1.09. The van der Waals surface area contributed by atoms with Crippen LogP contribution in [0.25, 0.3) is 22.2 Å². The second kappa shape index (κ2) is 9.52. The number of rotatable bonds is 5. The molecule has 0 spiro atoms. The second-order valence-electron chi connectivity index (χ2n) is 7.26. The number of sulfone groups is 1. The highest BCUT2D eigenvalue weighted by molar-refractivity contribution is 7.91. The summed E-state index contributed by atoms with van der Waals surface area (Å²) in [7, 11) is -2.96. The summed E-state index contributed by atoms with van der Waals surface area (Å²) in [4.78, 5) is 22.0. The van der Waals surface area contributed by atoms with Gasteiger partial charge in [0.25, 0.3) is 5.56 Å². The van der Waals surface area contributed by atoms with Crippen LogP contribution in [-0.4, -0.2) is 52.2 Å². The number of hydrogen-bond donors (Lipinski definition) is 2. The van der Waals surface area contributed by atoms with Crippen LogP contribution >= 0.6 is 24.0 Å². The molecule has 1 aliphatic heterocycles. The summed E-state index contributed by atoms with van der Waals surface area (Å²) in [6.45, 7) is -0.153. The third-order valence-corrected chi connectivity index (χ3v) is 7.25. The lowest BCUT2D eigenvalue weighted by Gasteiger charge is -2.23. The van der Waals surface area contributed by atoms with Crippen LogP contribution in [0.4, 0.5) is 5.95 Å². The normalized spacial score (nSPS) is 16.1. The van der Waals surface area contributed by atoms with E-state index in [4.69, 9.17) is 11.6 Å². The predicted octanol–water partition coefficient (Wildman–Crippen LogP) is 2.52. The van der Waals surface area contributed by atoms with Crippen molar-refractivity contribution in [1.82, 2.24) is 14.5 Å². The van der Waals surface area contributed by atoms with E-state index in [0.717, 1.165) is 0 Å². The Hall–Kier alpha value is -2.20. The van der Waals surface area contributed by atoms with E-state index in [0.29, 0.717) is 46.0 Å². The number of hydrogen-bond acceptors (Lipinski definition) is 7. The van der Waals surface area contributed by atoms with Gasteiger partial charge in [0.05, 0.1) is 24.7 Å². The maximum atomic E-state index is 13.1. The molecular weight excluding hydrogens is 463 g/mol. The lowest BCUT2D eigenvalue weighted by Crippen LogP contribution is -2.32. The Bertz CT molecular complexity index is 1250. The molecule has 0 atom stereocenters. The zero-order valence-corrected chi connectivity index (χ0v) is 18.9. The molecule has 0 aliphatic carbocycles. The van der Waals surface area contributed by atoms with Crippen molar-refractivity contribution in [1.29, 1.82) is 0 Å². The Labute approximate surface area is 190 Å². The van der Waals surface area contributed by atoms with Crippen molar-refractivity contribution in [3.8, 4) is 11.1 Å². The molecular formula is C20H22Cl2N4O4S. The van der Waals surface area contributed by atoms with Gasteiger partial charge in [-0.05, 0) is 25.0 Å². The summed E-state index contributed by atoms with van der Waals surface area (Å²) in [5, 5.41) is 13.8. The zero-order valence-electron chi connectivity index (χ0n) is 16.5. The molecule has 8 nitrogen and oxygen atoms in total. The standard InChI is InChI=1S/C20H21ClN4O4S.ClH/c21-17-4-2-1-3-15(17)16-11-13-12-22-20(23-14-5-9-30(28,29)10-6-14)24-18(13)25(7-8-26)19(16)27;/h1-4,11-12,14,26H,5-10H2,(H,22,23,24);1H. The van der Waals surface area contributed by atoms with E-state index < -0.39 is 9.84 Å². The summed E-state index contributed by atoms with van der Waals surface area (Å²) in [6, 6.07) is 8.72. The van der Waals surface area contributed by atoms with Crippen LogP contribution in [0.3, 0.4) is 0 Å². The zero-order chi connectivity index (χ0) is 21.3. The van der Waals surface area contributed by atoms with Gasteiger partial charge in [-0.1, -0.05) is 29.8 Å². The fraction of sp³-hybridized carbons (Fsp3) is 0.350. The first kappa shape index (κ1) is 23.5. The first-order valence-electron chi connectivity index (χ1n) is 9.61. The summed E-state index contributed by atoms with van der Waals surface area (Å²) < 4.78 is 24.6. The average molecular weight is 485 g/mol. The Kier molecular flexibility index (Phi) is 7.20. The van der Waals surface area contributed by atoms with Crippen LogP contribution in [0, 0.1) is 0 Å². The lowest BCUT2D eigenvalue weighted by atomic mass is 10.1. The van der Waals surface area contributed by atoms with Crippen molar-refractivity contribution in [3.63, 3.8) is 0 Å².